The van der Waals surface area contributed by atoms with Crippen LogP contribution >= 0.6 is 0 Å². The summed E-state index contributed by atoms with van der Waals surface area (Å²) in [5.41, 5.74) is 2.71. The molecule has 0 aliphatic rings. The minimum Gasteiger partial charge on any atom is -0.393 e. The van der Waals surface area contributed by atoms with Gasteiger partial charge in [0.25, 0.3) is 0 Å². The van der Waals surface area contributed by atoms with Crippen LogP contribution in [0.15, 0.2) is 24.3 Å². The lowest BCUT2D eigenvalue weighted by Gasteiger charge is -2.14. The van der Waals surface area contributed by atoms with Crippen LogP contribution in [-0.2, 0) is 6.42 Å². The number of hydrogen-bond donors (Lipinski definition) is 1. The second-order valence-electron chi connectivity index (χ2n) is 5.25. The maximum atomic E-state index is 9.73. The van der Waals surface area contributed by atoms with Gasteiger partial charge in [-0.15, -0.1) is 0 Å². The highest BCUT2D eigenvalue weighted by molar-refractivity contribution is 5.24. The Morgan fingerprint density at radius 2 is 1.56 bits per heavy atom. The molecule has 1 N–H and O–H groups in total. The third-order valence-electron chi connectivity index (χ3n) is 3.14. The van der Waals surface area contributed by atoms with Crippen molar-refractivity contribution in [2.75, 3.05) is 0 Å². The second-order valence-corrected chi connectivity index (χ2v) is 5.25. The van der Waals surface area contributed by atoms with E-state index in [0.717, 1.165) is 12.8 Å². The van der Waals surface area contributed by atoms with Gasteiger partial charge in [-0.2, -0.15) is 0 Å². The fraction of sp³-hybridized carbons (Fsp3) is 0.600. The first kappa shape index (κ1) is 13.2. The Morgan fingerprint density at radius 3 is 2.00 bits per heavy atom. The molecule has 90 valence electrons. The minimum absolute atomic E-state index is 0.176. The summed E-state index contributed by atoms with van der Waals surface area (Å²) >= 11 is 0. The molecule has 0 fully saturated rings. The van der Waals surface area contributed by atoms with E-state index >= 15 is 0 Å². The average molecular weight is 220 g/mol. The fourth-order valence-electron chi connectivity index (χ4n) is 1.72. The highest BCUT2D eigenvalue weighted by atomic mass is 16.3. The standard InChI is InChI=1S/C15H24O/c1-11(2)14-8-5-13(6-9-14)7-10-15(16)12(3)4/h5-6,8-9,11-12,15-16H,7,10H2,1-4H3. The second kappa shape index (κ2) is 6.05. The van der Waals surface area contributed by atoms with E-state index < -0.39 is 0 Å². The van der Waals surface area contributed by atoms with Crippen molar-refractivity contribution in [2.45, 2.75) is 52.6 Å². The van der Waals surface area contributed by atoms with Crippen LogP contribution in [-0.4, -0.2) is 11.2 Å². The topological polar surface area (TPSA) is 20.2 Å². The summed E-state index contributed by atoms with van der Waals surface area (Å²) in [6.45, 7) is 8.54. The molecule has 0 saturated heterocycles. The summed E-state index contributed by atoms with van der Waals surface area (Å²) < 4.78 is 0. The maximum absolute atomic E-state index is 9.73. The van der Waals surface area contributed by atoms with E-state index in [4.69, 9.17) is 0 Å². The molecule has 0 amide bonds. The van der Waals surface area contributed by atoms with Gasteiger partial charge in [-0.25, -0.2) is 0 Å². The van der Waals surface area contributed by atoms with Gasteiger partial charge in [0.15, 0.2) is 0 Å². The van der Waals surface area contributed by atoms with Gasteiger partial charge in [-0.05, 0) is 35.8 Å². The maximum Gasteiger partial charge on any atom is 0.0566 e. The first-order valence-electron chi connectivity index (χ1n) is 6.27. The molecule has 1 nitrogen and oxygen atoms in total. The van der Waals surface area contributed by atoms with Gasteiger partial charge in [-0.3, -0.25) is 0 Å². The number of aryl methyl sites for hydroxylation is 1. The van der Waals surface area contributed by atoms with Crippen LogP contribution < -0.4 is 0 Å². The lowest BCUT2D eigenvalue weighted by Crippen LogP contribution is -2.15. The largest absolute Gasteiger partial charge is 0.393 e. The summed E-state index contributed by atoms with van der Waals surface area (Å²) in [4.78, 5) is 0. The van der Waals surface area contributed by atoms with Crippen LogP contribution in [0.2, 0.25) is 0 Å². The zero-order valence-electron chi connectivity index (χ0n) is 10.9. The predicted molar refractivity (Wildman–Crippen MR) is 69.7 cm³/mol. The summed E-state index contributed by atoms with van der Waals surface area (Å²) in [5.74, 6) is 0.949. The van der Waals surface area contributed by atoms with Gasteiger partial charge in [0.2, 0.25) is 0 Å². The van der Waals surface area contributed by atoms with Crippen LogP contribution in [0.3, 0.4) is 0 Å². The van der Waals surface area contributed by atoms with Crippen molar-refractivity contribution in [3.63, 3.8) is 0 Å². The first-order valence-corrected chi connectivity index (χ1v) is 6.27. The molecular weight excluding hydrogens is 196 g/mol. The Balaban J connectivity index is 2.49. The summed E-state index contributed by atoms with van der Waals surface area (Å²) in [7, 11) is 0. The molecule has 1 rings (SSSR count). The third kappa shape index (κ3) is 3.97. The van der Waals surface area contributed by atoms with Gasteiger partial charge in [0.1, 0.15) is 0 Å². The van der Waals surface area contributed by atoms with Crippen molar-refractivity contribution in [1.29, 1.82) is 0 Å². The Morgan fingerprint density at radius 1 is 1.00 bits per heavy atom. The molecule has 0 aliphatic carbocycles. The Bertz CT molecular complexity index is 298. The van der Waals surface area contributed by atoms with E-state index in [-0.39, 0.29) is 6.10 Å². The SMILES string of the molecule is CC(C)c1ccc(CCC(O)C(C)C)cc1. The van der Waals surface area contributed by atoms with E-state index in [1.807, 2.05) is 0 Å². The third-order valence-corrected chi connectivity index (χ3v) is 3.14. The number of aliphatic hydroxyl groups excluding tert-OH is 1. The summed E-state index contributed by atoms with van der Waals surface area (Å²) in [6.07, 6.45) is 1.65. The monoisotopic (exact) mass is 220 g/mol. The number of rotatable bonds is 5. The predicted octanol–water partition coefficient (Wildman–Crippen LogP) is 3.76. The first-order chi connectivity index (χ1) is 7.50. The quantitative estimate of drug-likeness (QED) is 0.801. The van der Waals surface area contributed by atoms with Gasteiger partial charge < -0.3 is 5.11 Å². The Hall–Kier alpha value is -0.820. The van der Waals surface area contributed by atoms with E-state index in [2.05, 4.69) is 52.0 Å². The average Bonchev–Trinajstić information content (AvgIpc) is 2.26. The summed E-state index contributed by atoms with van der Waals surface area (Å²) in [6, 6.07) is 8.76. The van der Waals surface area contributed by atoms with Crippen molar-refractivity contribution < 1.29 is 5.11 Å². The molecular formula is C15H24O. The van der Waals surface area contributed by atoms with Crippen molar-refractivity contribution in [2.24, 2.45) is 5.92 Å². The normalized spacial score (nSPS) is 13.4. The lowest BCUT2D eigenvalue weighted by atomic mass is 9.97. The molecule has 1 aromatic carbocycles. The van der Waals surface area contributed by atoms with Crippen molar-refractivity contribution >= 4 is 0 Å². The van der Waals surface area contributed by atoms with Crippen molar-refractivity contribution in [1.82, 2.24) is 0 Å². The minimum atomic E-state index is -0.176. The molecule has 0 aromatic heterocycles. The van der Waals surface area contributed by atoms with E-state index in [1.165, 1.54) is 11.1 Å². The van der Waals surface area contributed by atoms with Gasteiger partial charge in [0, 0.05) is 0 Å². The molecule has 0 bridgehead atoms. The molecule has 16 heavy (non-hydrogen) atoms. The van der Waals surface area contributed by atoms with Crippen molar-refractivity contribution in [3.05, 3.63) is 35.4 Å². The molecule has 1 unspecified atom stereocenters. The number of benzene rings is 1. The zero-order chi connectivity index (χ0) is 12.1. The van der Waals surface area contributed by atoms with Crippen molar-refractivity contribution in [3.8, 4) is 0 Å². The molecule has 0 radical (unpaired) electrons. The molecule has 0 aliphatic heterocycles. The van der Waals surface area contributed by atoms with Crippen LogP contribution in [0.25, 0.3) is 0 Å². The van der Waals surface area contributed by atoms with Gasteiger partial charge in [-0.1, -0.05) is 52.0 Å². The lowest BCUT2D eigenvalue weighted by molar-refractivity contribution is 0.116. The van der Waals surface area contributed by atoms with Gasteiger partial charge >= 0.3 is 0 Å². The van der Waals surface area contributed by atoms with Crippen LogP contribution in [0.1, 0.15) is 51.2 Å². The summed E-state index contributed by atoms with van der Waals surface area (Å²) in [5, 5.41) is 9.73. The highest BCUT2D eigenvalue weighted by Crippen LogP contribution is 2.16. The molecule has 0 heterocycles. The van der Waals surface area contributed by atoms with E-state index in [9.17, 15) is 5.11 Å². The van der Waals surface area contributed by atoms with E-state index in [0.29, 0.717) is 11.8 Å². The van der Waals surface area contributed by atoms with Crippen LogP contribution in [0, 0.1) is 5.92 Å². The molecule has 1 heteroatoms. The molecule has 1 aromatic rings. The van der Waals surface area contributed by atoms with Crippen LogP contribution in [0.4, 0.5) is 0 Å². The molecule has 1 atom stereocenters. The van der Waals surface area contributed by atoms with Gasteiger partial charge in [0.05, 0.1) is 6.10 Å². The van der Waals surface area contributed by atoms with E-state index in [1.54, 1.807) is 0 Å². The number of hydrogen-bond acceptors (Lipinski definition) is 1. The molecule has 0 spiro atoms. The highest BCUT2D eigenvalue weighted by Gasteiger charge is 2.08. The number of aliphatic hydroxyl groups is 1. The van der Waals surface area contributed by atoms with Crippen LogP contribution in [0.5, 0.6) is 0 Å². The zero-order valence-corrected chi connectivity index (χ0v) is 10.9. The smallest absolute Gasteiger partial charge is 0.0566 e. The Labute approximate surface area is 99.5 Å². The Kier molecular flexibility index (Phi) is 5.01. The molecule has 0 saturated carbocycles. The fourth-order valence-corrected chi connectivity index (χ4v) is 1.72.